The zero-order valence-electron chi connectivity index (χ0n) is 11.0. The molecule has 1 saturated heterocycles. The molecule has 0 aliphatic carbocycles. The minimum Gasteiger partial charge on any atom is -0.478 e. The van der Waals surface area contributed by atoms with Crippen LogP contribution in [0.2, 0.25) is 0 Å². The highest BCUT2D eigenvalue weighted by atomic mass is 16.5. The van der Waals surface area contributed by atoms with Crippen molar-refractivity contribution in [2.24, 2.45) is 5.92 Å². The molecular formula is C14H16N2O4. The molecule has 1 aromatic heterocycles. The first kappa shape index (κ1) is 12.9. The number of hydrogen-bond donors (Lipinski definition) is 2. The van der Waals surface area contributed by atoms with Gasteiger partial charge in [-0.15, -0.1) is 0 Å². The van der Waals surface area contributed by atoms with Crippen molar-refractivity contribution in [3.05, 3.63) is 23.8 Å². The molecule has 1 aliphatic heterocycles. The molecule has 6 heteroatoms. The number of aromatic nitrogens is 1. The van der Waals surface area contributed by atoms with Gasteiger partial charge < -0.3 is 19.6 Å². The minimum absolute atomic E-state index is 0.198. The zero-order valence-corrected chi connectivity index (χ0v) is 11.0. The van der Waals surface area contributed by atoms with Gasteiger partial charge in [-0.05, 0) is 37.0 Å². The van der Waals surface area contributed by atoms with Crippen LogP contribution in [-0.2, 0) is 4.74 Å². The van der Waals surface area contributed by atoms with Gasteiger partial charge >= 0.3 is 5.97 Å². The summed E-state index contributed by atoms with van der Waals surface area (Å²) in [6.07, 6.45) is 2.12. The highest BCUT2D eigenvalue weighted by molar-refractivity contribution is 5.92. The molecule has 2 aromatic rings. The molecule has 1 atom stereocenters. The highest BCUT2D eigenvalue weighted by Crippen LogP contribution is 2.21. The second kappa shape index (κ2) is 5.50. The number of anilines is 1. The van der Waals surface area contributed by atoms with Gasteiger partial charge in [-0.3, -0.25) is 0 Å². The molecule has 3 rings (SSSR count). The van der Waals surface area contributed by atoms with Gasteiger partial charge in [0, 0.05) is 19.8 Å². The van der Waals surface area contributed by atoms with Crippen molar-refractivity contribution in [1.82, 2.24) is 4.98 Å². The Bertz CT molecular complexity index is 617. The summed E-state index contributed by atoms with van der Waals surface area (Å²) in [5.41, 5.74) is 1.33. The number of benzene rings is 1. The zero-order chi connectivity index (χ0) is 13.9. The fourth-order valence-electron chi connectivity index (χ4n) is 2.33. The van der Waals surface area contributed by atoms with Gasteiger partial charge in [0.15, 0.2) is 5.58 Å². The molecule has 20 heavy (non-hydrogen) atoms. The van der Waals surface area contributed by atoms with Crippen molar-refractivity contribution in [3.63, 3.8) is 0 Å². The van der Waals surface area contributed by atoms with E-state index in [1.54, 1.807) is 6.07 Å². The summed E-state index contributed by atoms with van der Waals surface area (Å²) in [6.45, 7) is 2.45. The van der Waals surface area contributed by atoms with Gasteiger partial charge in [0.05, 0.1) is 5.56 Å². The van der Waals surface area contributed by atoms with Crippen LogP contribution in [0.15, 0.2) is 22.6 Å². The summed E-state index contributed by atoms with van der Waals surface area (Å²) >= 11 is 0. The number of nitrogens with zero attached hydrogens (tertiary/aromatic N) is 1. The lowest BCUT2D eigenvalue weighted by Gasteiger charge is -2.06. The number of carboxylic acids is 1. The van der Waals surface area contributed by atoms with E-state index in [0.29, 0.717) is 23.0 Å². The molecule has 0 saturated carbocycles. The SMILES string of the molecule is O=C(O)c1ccc2nc(NCCC3CCOC3)oc2c1. The third-order valence-electron chi connectivity index (χ3n) is 3.49. The van der Waals surface area contributed by atoms with Crippen LogP contribution < -0.4 is 5.32 Å². The van der Waals surface area contributed by atoms with Crippen LogP contribution in [0.1, 0.15) is 23.2 Å². The lowest BCUT2D eigenvalue weighted by Crippen LogP contribution is -2.09. The van der Waals surface area contributed by atoms with Gasteiger partial charge in [0.2, 0.25) is 0 Å². The number of fused-ring (bicyclic) bond motifs is 1. The Hall–Kier alpha value is -2.08. The van der Waals surface area contributed by atoms with Crippen LogP contribution in [0, 0.1) is 5.92 Å². The number of carbonyl (C=O) groups is 1. The molecule has 0 spiro atoms. The predicted molar refractivity (Wildman–Crippen MR) is 73.0 cm³/mol. The molecule has 106 valence electrons. The lowest BCUT2D eigenvalue weighted by molar-refractivity contribution is 0.0697. The Balaban J connectivity index is 1.64. The quantitative estimate of drug-likeness (QED) is 0.872. The molecule has 2 heterocycles. The Morgan fingerprint density at radius 2 is 2.40 bits per heavy atom. The minimum atomic E-state index is -0.973. The van der Waals surface area contributed by atoms with E-state index in [-0.39, 0.29) is 5.56 Å². The summed E-state index contributed by atoms with van der Waals surface area (Å²) in [5.74, 6) is -0.371. The number of oxazole rings is 1. The van der Waals surface area contributed by atoms with Crippen molar-refractivity contribution in [2.45, 2.75) is 12.8 Å². The summed E-state index contributed by atoms with van der Waals surface area (Å²) in [7, 11) is 0. The topological polar surface area (TPSA) is 84.6 Å². The van der Waals surface area contributed by atoms with E-state index in [9.17, 15) is 4.79 Å². The third kappa shape index (κ3) is 2.75. The molecule has 6 nitrogen and oxygen atoms in total. The maximum Gasteiger partial charge on any atom is 0.335 e. The van der Waals surface area contributed by atoms with E-state index in [1.165, 1.54) is 12.1 Å². The predicted octanol–water partition coefficient (Wildman–Crippen LogP) is 2.36. The van der Waals surface area contributed by atoms with E-state index in [4.69, 9.17) is 14.3 Å². The van der Waals surface area contributed by atoms with Gasteiger partial charge in [0.1, 0.15) is 5.52 Å². The van der Waals surface area contributed by atoms with Crippen LogP contribution in [-0.4, -0.2) is 35.8 Å². The highest BCUT2D eigenvalue weighted by Gasteiger charge is 2.15. The molecular weight excluding hydrogens is 260 g/mol. The first-order valence-corrected chi connectivity index (χ1v) is 6.68. The molecule has 0 amide bonds. The van der Waals surface area contributed by atoms with Gasteiger partial charge in [-0.25, -0.2) is 4.79 Å². The Morgan fingerprint density at radius 1 is 1.50 bits per heavy atom. The number of carboxylic acid groups (broad SMARTS) is 1. The van der Waals surface area contributed by atoms with Crippen LogP contribution in [0.25, 0.3) is 11.1 Å². The first-order valence-electron chi connectivity index (χ1n) is 6.68. The monoisotopic (exact) mass is 276 g/mol. The molecule has 2 N–H and O–H groups in total. The number of nitrogens with one attached hydrogen (secondary N) is 1. The maximum atomic E-state index is 10.9. The number of aromatic carboxylic acids is 1. The van der Waals surface area contributed by atoms with E-state index in [1.807, 2.05) is 0 Å². The van der Waals surface area contributed by atoms with Crippen molar-refractivity contribution < 1.29 is 19.1 Å². The first-order chi connectivity index (χ1) is 9.72. The number of rotatable bonds is 5. The molecule has 1 aliphatic rings. The average molecular weight is 276 g/mol. The summed E-state index contributed by atoms with van der Waals surface area (Å²) in [6, 6.07) is 5.09. The Labute approximate surface area is 115 Å². The van der Waals surface area contributed by atoms with E-state index >= 15 is 0 Å². The Morgan fingerprint density at radius 3 is 3.15 bits per heavy atom. The summed E-state index contributed by atoms with van der Waals surface area (Å²) in [5, 5.41) is 12.1. The normalized spacial score (nSPS) is 18.5. The van der Waals surface area contributed by atoms with E-state index in [0.717, 1.165) is 32.6 Å². The molecule has 0 bridgehead atoms. The lowest BCUT2D eigenvalue weighted by atomic mass is 10.1. The molecule has 1 aromatic carbocycles. The standard InChI is InChI=1S/C14H16N2O4/c17-13(18)10-1-2-11-12(7-10)20-14(16-11)15-5-3-9-4-6-19-8-9/h1-2,7,9H,3-6,8H2,(H,15,16)(H,17,18). The van der Waals surface area contributed by atoms with Crippen molar-refractivity contribution >= 4 is 23.1 Å². The average Bonchev–Trinajstić information content (AvgIpc) is 3.06. The van der Waals surface area contributed by atoms with Gasteiger partial charge in [-0.1, -0.05) is 0 Å². The van der Waals surface area contributed by atoms with Crippen LogP contribution in [0.3, 0.4) is 0 Å². The molecule has 1 fully saturated rings. The van der Waals surface area contributed by atoms with Gasteiger partial charge in [0.25, 0.3) is 6.01 Å². The summed E-state index contributed by atoms with van der Waals surface area (Å²) < 4.78 is 10.8. The second-order valence-electron chi connectivity index (χ2n) is 4.95. The van der Waals surface area contributed by atoms with Gasteiger partial charge in [-0.2, -0.15) is 4.98 Å². The fraction of sp³-hybridized carbons (Fsp3) is 0.429. The van der Waals surface area contributed by atoms with Crippen molar-refractivity contribution in [1.29, 1.82) is 0 Å². The molecule has 0 radical (unpaired) electrons. The Kier molecular flexibility index (Phi) is 3.56. The smallest absolute Gasteiger partial charge is 0.335 e. The van der Waals surface area contributed by atoms with Crippen molar-refractivity contribution in [2.75, 3.05) is 25.1 Å². The number of hydrogen-bond acceptors (Lipinski definition) is 5. The third-order valence-corrected chi connectivity index (χ3v) is 3.49. The fourth-order valence-corrected chi connectivity index (χ4v) is 2.33. The molecule has 1 unspecified atom stereocenters. The second-order valence-corrected chi connectivity index (χ2v) is 4.95. The van der Waals surface area contributed by atoms with Crippen molar-refractivity contribution in [3.8, 4) is 0 Å². The van der Waals surface area contributed by atoms with E-state index < -0.39 is 5.97 Å². The van der Waals surface area contributed by atoms with E-state index in [2.05, 4.69) is 10.3 Å². The summed E-state index contributed by atoms with van der Waals surface area (Å²) in [4.78, 5) is 15.2. The van der Waals surface area contributed by atoms with Crippen LogP contribution in [0.4, 0.5) is 6.01 Å². The number of ether oxygens (including phenoxy) is 1. The van der Waals surface area contributed by atoms with Crippen LogP contribution >= 0.6 is 0 Å². The maximum absolute atomic E-state index is 10.9. The largest absolute Gasteiger partial charge is 0.478 e. The van der Waals surface area contributed by atoms with Crippen LogP contribution in [0.5, 0.6) is 0 Å².